The van der Waals surface area contributed by atoms with Crippen molar-refractivity contribution in [1.82, 2.24) is 10.2 Å². The Hall–Kier alpha value is -1.10. The lowest BCUT2D eigenvalue weighted by Gasteiger charge is -2.18. The van der Waals surface area contributed by atoms with Gasteiger partial charge in [0.1, 0.15) is 0 Å². The van der Waals surface area contributed by atoms with Crippen LogP contribution in [0.2, 0.25) is 0 Å². The maximum Gasteiger partial charge on any atom is 0.242 e. The maximum absolute atomic E-state index is 11.4. The molecule has 1 saturated heterocycles. The lowest BCUT2D eigenvalue weighted by Crippen LogP contribution is -2.40. The highest BCUT2D eigenvalue weighted by Gasteiger charge is 2.33. The summed E-state index contributed by atoms with van der Waals surface area (Å²) in [6.07, 6.45) is 0.596. The van der Waals surface area contributed by atoms with Gasteiger partial charge in [-0.25, -0.2) is 0 Å². The SMILES string of the molecule is CC(=O)NCC(=O)N1CCC(C)(O)C1. The first-order valence-corrected chi connectivity index (χ1v) is 4.65. The van der Waals surface area contributed by atoms with E-state index in [9.17, 15) is 14.7 Å². The number of hydrogen-bond donors (Lipinski definition) is 2. The fourth-order valence-electron chi connectivity index (χ4n) is 1.47. The highest BCUT2D eigenvalue weighted by Crippen LogP contribution is 2.19. The van der Waals surface area contributed by atoms with Gasteiger partial charge in [-0.3, -0.25) is 9.59 Å². The second kappa shape index (κ2) is 3.96. The average molecular weight is 200 g/mol. The molecule has 0 aliphatic carbocycles. The van der Waals surface area contributed by atoms with Crippen molar-refractivity contribution in [2.75, 3.05) is 19.6 Å². The van der Waals surface area contributed by atoms with Gasteiger partial charge in [0.05, 0.1) is 12.1 Å². The van der Waals surface area contributed by atoms with Crippen molar-refractivity contribution in [1.29, 1.82) is 0 Å². The molecule has 1 atom stereocenters. The molecule has 1 heterocycles. The van der Waals surface area contributed by atoms with E-state index in [1.165, 1.54) is 6.92 Å². The van der Waals surface area contributed by atoms with Crippen molar-refractivity contribution < 1.29 is 14.7 Å². The van der Waals surface area contributed by atoms with Crippen LogP contribution in [0.5, 0.6) is 0 Å². The van der Waals surface area contributed by atoms with Crippen molar-refractivity contribution in [2.45, 2.75) is 25.9 Å². The molecule has 1 rings (SSSR count). The van der Waals surface area contributed by atoms with Gasteiger partial charge in [0.25, 0.3) is 0 Å². The first-order valence-electron chi connectivity index (χ1n) is 4.65. The monoisotopic (exact) mass is 200 g/mol. The minimum absolute atomic E-state index is 0.0193. The molecular formula is C9H16N2O3. The molecule has 1 aliphatic rings. The molecule has 0 saturated carbocycles. The molecule has 0 bridgehead atoms. The number of nitrogens with one attached hydrogen (secondary N) is 1. The van der Waals surface area contributed by atoms with Crippen LogP contribution in [-0.2, 0) is 9.59 Å². The van der Waals surface area contributed by atoms with Crippen LogP contribution >= 0.6 is 0 Å². The molecule has 0 aromatic heterocycles. The Morgan fingerprint density at radius 1 is 1.57 bits per heavy atom. The molecule has 0 aromatic rings. The Labute approximate surface area is 83.1 Å². The topological polar surface area (TPSA) is 69.6 Å². The van der Waals surface area contributed by atoms with Gasteiger partial charge in [0.15, 0.2) is 0 Å². The second-order valence-corrected chi connectivity index (χ2v) is 3.97. The van der Waals surface area contributed by atoms with Crippen LogP contribution in [0, 0.1) is 0 Å². The molecule has 0 spiro atoms. The highest BCUT2D eigenvalue weighted by molar-refractivity contribution is 5.83. The van der Waals surface area contributed by atoms with Gasteiger partial charge in [0.2, 0.25) is 11.8 Å². The number of β-amino-alcohol motifs (C(OH)–C–C–N with tert-alkyl or cyclic N) is 1. The number of carbonyl (C=O) groups excluding carboxylic acids is 2. The lowest BCUT2D eigenvalue weighted by atomic mass is 10.1. The van der Waals surface area contributed by atoms with Gasteiger partial charge in [0, 0.05) is 20.0 Å². The Morgan fingerprint density at radius 2 is 2.21 bits per heavy atom. The number of carbonyl (C=O) groups is 2. The molecule has 5 heteroatoms. The van der Waals surface area contributed by atoms with Crippen molar-refractivity contribution in [3.05, 3.63) is 0 Å². The minimum Gasteiger partial charge on any atom is -0.388 e. The fourth-order valence-corrected chi connectivity index (χ4v) is 1.47. The van der Waals surface area contributed by atoms with E-state index in [1.807, 2.05) is 0 Å². The third-order valence-corrected chi connectivity index (χ3v) is 2.29. The van der Waals surface area contributed by atoms with Crippen LogP contribution in [0.1, 0.15) is 20.3 Å². The van der Waals surface area contributed by atoms with E-state index in [1.54, 1.807) is 11.8 Å². The molecule has 5 nitrogen and oxygen atoms in total. The van der Waals surface area contributed by atoms with Crippen LogP contribution in [0.3, 0.4) is 0 Å². The third-order valence-electron chi connectivity index (χ3n) is 2.29. The quantitative estimate of drug-likeness (QED) is 0.607. The number of rotatable bonds is 2. The van der Waals surface area contributed by atoms with E-state index in [4.69, 9.17) is 0 Å². The largest absolute Gasteiger partial charge is 0.388 e. The van der Waals surface area contributed by atoms with Gasteiger partial charge in [-0.05, 0) is 13.3 Å². The van der Waals surface area contributed by atoms with Crippen molar-refractivity contribution in [3.63, 3.8) is 0 Å². The summed E-state index contributed by atoms with van der Waals surface area (Å²) in [5.41, 5.74) is -0.772. The number of likely N-dealkylation sites (tertiary alicyclic amines) is 1. The molecule has 2 amide bonds. The molecular weight excluding hydrogens is 184 g/mol. The molecule has 2 N–H and O–H groups in total. The zero-order valence-electron chi connectivity index (χ0n) is 8.54. The molecule has 1 fully saturated rings. The molecule has 1 unspecified atom stereocenters. The minimum atomic E-state index is -0.772. The smallest absolute Gasteiger partial charge is 0.242 e. The highest BCUT2D eigenvalue weighted by atomic mass is 16.3. The Morgan fingerprint density at radius 3 is 2.64 bits per heavy atom. The van der Waals surface area contributed by atoms with Gasteiger partial charge >= 0.3 is 0 Å². The molecule has 1 aliphatic heterocycles. The number of hydrogen-bond acceptors (Lipinski definition) is 3. The van der Waals surface area contributed by atoms with Crippen LogP contribution in [0.25, 0.3) is 0 Å². The molecule has 80 valence electrons. The summed E-state index contributed by atoms with van der Waals surface area (Å²) < 4.78 is 0. The summed E-state index contributed by atoms with van der Waals surface area (Å²) in [4.78, 5) is 23.6. The third kappa shape index (κ3) is 2.99. The predicted octanol–water partition coefficient (Wildman–Crippen LogP) is -0.894. The zero-order chi connectivity index (χ0) is 10.8. The van der Waals surface area contributed by atoms with Gasteiger partial charge in [-0.15, -0.1) is 0 Å². The number of aliphatic hydroxyl groups is 1. The van der Waals surface area contributed by atoms with Crippen molar-refractivity contribution >= 4 is 11.8 Å². The maximum atomic E-state index is 11.4. The van der Waals surface area contributed by atoms with Gasteiger partial charge in [-0.1, -0.05) is 0 Å². The molecule has 0 radical (unpaired) electrons. The molecule has 0 aromatic carbocycles. The normalized spacial score (nSPS) is 26.4. The van der Waals surface area contributed by atoms with E-state index in [2.05, 4.69) is 5.32 Å². The summed E-state index contributed by atoms with van der Waals surface area (Å²) in [6.45, 7) is 4.01. The van der Waals surface area contributed by atoms with E-state index >= 15 is 0 Å². The summed E-state index contributed by atoms with van der Waals surface area (Å²) in [5, 5.41) is 12.0. The lowest BCUT2D eigenvalue weighted by molar-refractivity contribution is -0.132. The molecule has 14 heavy (non-hydrogen) atoms. The first kappa shape index (κ1) is 11.0. The van der Waals surface area contributed by atoms with Crippen molar-refractivity contribution in [2.24, 2.45) is 0 Å². The Kier molecular flexibility index (Phi) is 3.10. The summed E-state index contributed by atoms with van der Waals surface area (Å²) in [6, 6.07) is 0. The Balaban J connectivity index is 2.36. The first-order chi connectivity index (χ1) is 6.41. The van der Waals surface area contributed by atoms with Gasteiger partial charge < -0.3 is 15.3 Å². The average Bonchev–Trinajstić information content (AvgIpc) is 2.41. The Bertz CT molecular complexity index is 250. The number of amides is 2. The van der Waals surface area contributed by atoms with Crippen LogP contribution < -0.4 is 5.32 Å². The van der Waals surface area contributed by atoms with Crippen LogP contribution in [0.4, 0.5) is 0 Å². The zero-order valence-corrected chi connectivity index (χ0v) is 8.54. The van der Waals surface area contributed by atoms with E-state index in [0.29, 0.717) is 19.5 Å². The van der Waals surface area contributed by atoms with E-state index in [0.717, 1.165) is 0 Å². The van der Waals surface area contributed by atoms with Crippen molar-refractivity contribution in [3.8, 4) is 0 Å². The number of nitrogens with zero attached hydrogens (tertiary/aromatic N) is 1. The van der Waals surface area contributed by atoms with Crippen LogP contribution in [0.15, 0.2) is 0 Å². The predicted molar refractivity (Wildman–Crippen MR) is 50.5 cm³/mol. The standard InChI is InChI=1S/C9H16N2O3/c1-7(12)10-5-8(13)11-4-3-9(2,14)6-11/h14H,3-6H2,1-2H3,(H,10,12). The van der Waals surface area contributed by atoms with Gasteiger partial charge in [-0.2, -0.15) is 0 Å². The summed E-state index contributed by atoms with van der Waals surface area (Å²) >= 11 is 0. The fraction of sp³-hybridized carbons (Fsp3) is 0.778. The summed E-state index contributed by atoms with van der Waals surface area (Å²) in [5.74, 6) is -0.359. The second-order valence-electron chi connectivity index (χ2n) is 3.97. The summed E-state index contributed by atoms with van der Waals surface area (Å²) in [7, 11) is 0. The van der Waals surface area contributed by atoms with E-state index in [-0.39, 0.29) is 18.4 Å². The van der Waals surface area contributed by atoms with E-state index < -0.39 is 5.60 Å². The van der Waals surface area contributed by atoms with Crippen LogP contribution in [-0.4, -0.2) is 47.1 Å².